The average molecular weight is 500 g/mol. The largest absolute Gasteiger partial charge is 0.380 e. The highest BCUT2D eigenvalue weighted by Gasteiger charge is 2.25. The van der Waals surface area contributed by atoms with Crippen LogP contribution in [0, 0.1) is 0 Å². The third-order valence-electron chi connectivity index (χ3n) is 6.47. The molecule has 0 aliphatic carbocycles. The van der Waals surface area contributed by atoms with E-state index in [1.54, 1.807) is 6.07 Å². The Labute approximate surface area is 208 Å². The number of hydrogen-bond acceptors (Lipinski definition) is 6. The van der Waals surface area contributed by atoms with E-state index in [2.05, 4.69) is 62.8 Å². The van der Waals surface area contributed by atoms with Gasteiger partial charge in [-0.2, -0.15) is 12.7 Å². The predicted octanol–water partition coefficient (Wildman–Crippen LogP) is 3.70. The third kappa shape index (κ3) is 6.06. The summed E-state index contributed by atoms with van der Waals surface area (Å²) in [5, 5.41) is 4.50. The van der Waals surface area contributed by atoms with Gasteiger partial charge in [-0.25, -0.2) is 4.98 Å². The van der Waals surface area contributed by atoms with Crippen molar-refractivity contribution in [3.05, 3.63) is 48.3 Å². The van der Waals surface area contributed by atoms with Gasteiger partial charge in [0.05, 0.1) is 11.4 Å². The van der Waals surface area contributed by atoms with Crippen molar-refractivity contribution in [1.82, 2.24) is 19.2 Å². The van der Waals surface area contributed by atoms with E-state index in [9.17, 15) is 8.42 Å². The molecule has 1 saturated heterocycles. The quantitative estimate of drug-likeness (QED) is 0.415. The number of hydrogen-bond donors (Lipinski definition) is 3. The molecular weight excluding hydrogens is 462 g/mol. The summed E-state index contributed by atoms with van der Waals surface area (Å²) < 4.78 is 28.0. The third-order valence-corrected chi connectivity index (χ3v) is 7.92. The van der Waals surface area contributed by atoms with Crippen LogP contribution in [0.2, 0.25) is 0 Å². The number of likely N-dealkylation sites (tertiary alicyclic amines) is 1. The number of piperidine rings is 1. The summed E-state index contributed by atoms with van der Waals surface area (Å²) in [5.74, 6) is 1.01. The molecule has 35 heavy (non-hydrogen) atoms. The van der Waals surface area contributed by atoms with Crippen LogP contribution in [0.15, 0.2) is 42.6 Å². The average Bonchev–Trinajstić information content (AvgIpc) is 3.20. The summed E-state index contributed by atoms with van der Waals surface area (Å²) in [6.45, 7) is 7.15. The van der Waals surface area contributed by atoms with E-state index in [0.717, 1.165) is 64.9 Å². The van der Waals surface area contributed by atoms with E-state index < -0.39 is 10.2 Å². The second-order valence-corrected chi connectivity index (χ2v) is 11.7. The van der Waals surface area contributed by atoms with Gasteiger partial charge < -0.3 is 15.2 Å². The van der Waals surface area contributed by atoms with Gasteiger partial charge >= 0.3 is 10.2 Å². The molecule has 10 heteroatoms. The Morgan fingerprint density at radius 1 is 1.14 bits per heavy atom. The molecular formula is C25H37N7O2S. The van der Waals surface area contributed by atoms with Crippen LogP contribution >= 0.6 is 0 Å². The minimum Gasteiger partial charge on any atom is -0.380 e. The number of aromatic amines is 1. The lowest BCUT2D eigenvalue weighted by Gasteiger charge is -2.37. The Morgan fingerprint density at radius 2 is 1.89 bits per heavy atom. The van der Waals surface area contributed by atoms with Crippen LogP contribution < -0.4 is 14.9 Å². The Balaban J connectivity index is 1.37. The first-order valence-electron chi connectivity index (χ1n) is 12.1. The SMILES string of the molecule is CC(C)Nc1cccnc1N(C)C1CCN(Cc2cc3cc(NS(=O)(=O)N(C)C)ccc3[nH]2)CC1. The number of nitrogens with one attached hydrogen (secondary N) is 3. The normalized spacial score (nSPS) is 15.7. The van der Waals surface area contributed by atoms with E-state index in [-0.39, 0.29) is 0 Å². The van der Waals surface area contributed by atoms with Gasteiger partial charge in [-0.1, -0.05) is 0 Å². The Kier molecular flexibility index (Phi) is 7.53. The van der Waals surface area contributed by atoms with Gasteiger partial charge in [0.2, 0.25) is 0 Å². The summed E-state index contributed by atoms with van der Waals surface area (Å²) in [6.07, 6.45) is 4.01. The molecule has 0 unspecified atom stereocenters. The zero-order valence-electron chi connectivity index (χ0n) is 21.2. The first-order chi connectivity index (χ1) is 16.6. The number of aromatic nitrogens is 2. The first-order valence-corrected chi connectivity index (χ1v) is 13.5. The minimum absolute atomic E-state index is 0.355. The number of H-pyrrole nitrogens is 1. The lowest BCUT2D eigenvalue weighted by atomic mass is 10.0. The fourth-order valence-electron chi connectivity index (χ4n) is 4.56. The second-order valence-electron chi connectivity index (χ2n) is 9.78. The number of nitrogens with zero attached hydrogens (tertiary/aromatic N) is 4. The summed E-state index contributed by atoms with van der Waals surface area (Å²) in [7, 11) is 1.64. The number of pyridine rings is 1. The summed E-state index contributed by atoms with van der Waals surface area (Å²) in [5.41, 5.74) is 3.77. The monoisotopic (exact) mass is 499 g/mol. The predicted molar refractivity (Wildman–Crippen MR) is 144 cm³/mol. The molecule has 9 nitrogen and oxygen atoms in total. The first kappa shape index (κ1) is 25.3. The maximum Gasteiger partial charge on any atom is 0.301 e. The van der Waals surface area contributed by atoms with E-state index >= 15 is 0 Å². The Morgan fingerprint density at radius 3 is 2.57 bits per heavy atom. The van der Waals surface area contributed by atoms with Crippen LogP contribution in [0.3, 0.4) is 0 Å². The molecule has 3 heterocycles. The fraction of sp³-hybridized carbons (Fsp3) is 0.480. The maximum absolute atomic E-state index is 12.1. The zero-order valence-corrected chi connectivity index (χ0v) is 22.1. The van der Waals surface area contributed by atoms with Crippen molar-refractivity contribution in [2.75, 3.05) is 49.2 Å². The van der Waals surface area contributed by atoms with Crippen LogP contribution in [0.1, 0.15) is 32.4 Å². The standard InChI is InChI=1S/C25H37N7O2S/c1-18(2)27-24-7-6-12-26-25(24)31(5)22-10-13-32(14-11-22)17-21-16-19-15-20(8-9-23(19)28-21)29-35(33,34)30(3)4/h6-9,12,15-16,18,22,27-29H,10-11,13-14,17H2,1-5H3. The van der Waals surface area contributed by atoms with Crippen LogP contribution in [-0.2, 0) is 16.8 Å². The highest BCUT2D eigenvalue weighted by Crippen LogP contribution is 2.28. The molecule has 1 fully saturated rings. The van der Waals surface area contributed by atoms with Crippen molar-refractivity contribution in [3.8, 4) is 0 Å². The lowest BCUT2D eigenvalue weighted by Crippen LogP contribution is -2.43. The Bertz CT molecular complexity index is 1250. The molecule has 190 valence electrons. The van der Waals surface area contributed by atoms with E-state index in [1.165, 1.54) is 14.1 Å². The van der Waals surface area contributed by atoms with Gasteiger partial charge in [0, 0.05) is 75.7 Å². The summed E-state index contributed by atoms with van der Waals surface area (Å²) in [6, 6.07) is 12.6. The number of fused-ring (bicyclic) bond motifs is 1. The van der Waals surface area contributed by atoms with Crippen molar-refractivity contribution < 1.29 is 8.42 Å². The highest BCUT2D eigenvalue weighted by molar-refractivity contribution is 7.90. The van der Waals surface area contributed by atoms with Crippen LogP contribution in [0.4, 0.5) is 17.2 Å². The van der Waals surface area contributed by atoms with E-state index in [1.807, 2.05) is 24.4 Å². The molecule has 0 bridgehead atoms. The van der Waals surface area contributed by atoms with Crippen molar-refractivity contribution in [2.24, 2.45) is 0 Å². The number of benzene rings is 1. The van der Waals surface area contributed by atoms with Crippen LogP contribution in [0.25, 0.3) is 10.9 Å². The molecule has 0 atom stereocenters. The second kappa shape index (κ2) is 10.4. The topological polar surface area (TPSA) is 96.6 Å². The molecule has 3 aromatic rings. The van der Waals surface area contributed by atoms with Crippen molar-refractivity contribution in [3.63, 3.8) is 0 Å². The fourth-order valence-corrected chi connectivity index (χ4v) is 5.17. The van der Waals surface area contributed by atoms with Crippen molar-refractivity contribution in [1.29, 1.82) is 0 Å². The molecule has 2 aromatic heterocycles. The van der Waals surface area contributed by atoms with Gasteiger partial charge in [-0.05, 0) is 63.1 Å². The highest BCUT2D eigenvalue weighted by atomic mass is 32.2. The molecule has 1 aliphatic rings. The number of rotatable bonds is 9. The molecule has 1 aliphatic heterocycles. The number of anilines is 3. The Hall–Kier alpha value is -2.82. The van der Waals surface area contributed by atoms with Crippen LogP contribution in [0.5, 0.6) is 0 Å². The van der Waals surface area contributed by atoms with E-state index in [4.69, 9.17) is 0 Å². The minimum atomic E-state index is -3.52. The van der Waals surface area contributed by atoms with Crippen molar-refractivity contribution >= 4 is 38.3 Å². The van der Waals surface area contributed by atoms with Gasteiger partial charge in [-0.15, -0.1) is 0 Å². The molecule has 0 amide bonds. The molecule has 0 spiro atoms. The molecule has 0 radical (unpaired) electrons. The summed E-state index contributed by atoms with van der Waals surface area (Å²) in [4.78, 5) is 12.9. The maximum atomic E-state index is 12.1. The zero-order chi connectivity index (χ0) is 25.2. The summed E-state index contributed by atoms with van der Waals surface area (Å²) >= 11 is 0. The van der Waals surface area contributed by atoms with Gasteiger partial charge in [0.1, 0.15) is 0 Å². The van der Waals surface area contributed by atoms with Gasteiger partial charge in [0.15, 0.2) is 5.82 Å². The lowest BCUT2D eigenvalue weighted by molar-refractivity contribution is 0.201. The molecule has 0 saturated carbocycles. The molecule has 3 N–H and O–H groups in total. The van der Waals surface area contributed by atoms with Gasteiger partial charge in [0.25, 0.3) is 0 Å². The van der Waals surface area contributed by atoms with E-state index in [0.29, 0.717) is 17.8 Å². The van der Waals surface area contributed by atoms with Crippen molar-refractivity contribution in [2.45, 2.75) is 45.3 Å². The van der Waals surface area contributed by atoms with Crippen LogP contribution in [-0.4, -0.2) is 73.9 Å². The molecule has 1 aromatic carbocycles. The molecule has 4 rings (SSSR count). The smallest absolute Gasteiger partial charge is 0.301 e. The van der Waals surface area contributed by atoms with Gasteiger partial charge in [-0.3, -0.25) is 9.62 Å².